The van der Waals surface area contributed by atoms with E-state index in [4.69, 9.17) is 9.97 Å². The van der Waals surface area contributed by atoms with Crippen LogP contribution in [0.4, 0.5) is 17.5 Å². The van der Waals surface area contributed by atoms with Gasteiger partial charge in [0.25, 0.3) is 0 Å². The van der Waals surface area contributed by atoms with Gasteiger partial charge in [0.15, 0.2) is 0 Å². The molecular weight excluding hydrogens is 358 g/mol. The Hall–Kier alpha value is -3.73. The van der Waals surface area contributed by atoms with Gasteiger partial charge in [-0.25, -0.2) is 4.98 Å². The summed E-state index contributed by atoms with van der Waals surface area (Å²) in [6, 6.07) is 24.4. The molecule has 4 rings (SSSR count). The predicted molar refractivity (Wildman–Crippen MR) is 118 cm³/mol. The van der Waals surface area contributed by atoms with E-state index in [0.717, 1.165) is 34.7 Å². The molecule has 0 saturated heterocycles. The summed E-state index contributed by atoms with van der Waals surface area (Å²) < 4.78 is 0. The summed E-state index contributed by atoms with van der Waals surface area (Å²) in [7, 11) is 0. The first kappa shape index (κ1) is 18.6. The number of aromatic nitrogens is 3. The maximum absolute atomic E-state index is 4.72. The smallest absolute Gasteiger partial charge is 0.225 e. The molecule has 0 radical (unpaired) electrons. The quantitative estimate of drug-likeness (QED) is 0.445. The van der Waals surface area contributed by atoms with Gasteiger partial charge in [-0.05, 0) is 29.7 Å². The third-order valence-electron chi connectivity index (χ3n) is 4.63. The molecule has 2 heterocycles. The van der Waals surface area contributed by atoms with Gasteiger partial charge in [0.1, 0.15) is 5.82 Å². The Morgan fingerprint density at radius 1 is 0.862 bits per heavy atom. The summed E-state index contributed by atoms with van der Waals surface area (Å²) in [5.74, 6) is 1.33. The van der Waals surface area contributed by atoms with E-state index in [1.54, 1.807) is 6.20 Å². The van der Waals surface area contributed by atoms with Crippen molar-refractivity contribution in [1.29, 1.82) is 0 Å². The molecule has 0 aliphatic heterocycles. The Kier molecular flexibility index (Phi) is 5.76. The standard InChI is InChI=1S/C24H23N5/c1-2-19-10-6-7-13-21(19)27-23-15-22(20-11-4-3-5-12-20)28-24(29-23)26-17-18-9-8-14-25-16-18/h3-16H,2,17H2,1H3,(H2,26,27,28,29). The molecule has 0 spiro atoms. The molecule has 2 aromatic carbocycles. The SMILES string of the molecule is CCc1ccccc1Nc1cc(-c2ccccc2)nc(NCc2cccnc2)n1. The molecule has 0 fully saturated rings. The molecule has 0 aliphatic rings. The summed E-state index contributed by atoms with van der Waals surface area (Å²) >= 11 is 0. The highest BCUT2D eigenvalue weighted by molar-refractivity contribution is 5.68. The number of nitrogens with zero attached hydrogens (tertiary/aromatic N) is 3. The number of pyridine rings is 1. The summed E-state index contributed by atoms with van der Waals surface area (Å²) in [5, 5.41) is 6.79. The molecular formula is C24H23N5. The van der Waals surface area contributed by atoms with Gasteiger partial charge in [-0.1, -0.05) is 61.5 Å². The van der Waals surface area contributed by atoms with Crippen molar-refractivity contribution < 1.29 is 0 Å². The van der Waals surface area contributed by atoms with Gasteiger partial charge in [-0.3, -0.25) is 4.98 Å². The highest BCUT2D eigenvalue weighted by Gasteiger charge is 2.09. The van der Waals surface area contributed by atoms with Crippen LogP contribution in [-0.4, -0.2) is 15.0 Å². The lowest BCUT2D eigenvalue weighted by molar-refractivity contribution is 1.04. The van der Waals surface area contributed by atoms with Crippen LogP contribution in [0.15, 0.2) is 85.2 Å². The van der Waals surface area contributed by atoms with E-state index in [0.29, 0.717) is 12.5 Å². The van der Waals surface area contributed by atoms with E-state index in [1.165, 1.54) is 5.56 Å². The lowest BCUT2D eigenvalue weighted by Crippen LogP contribution is -2.07. The number of aryl methyl sites for hydroxylation is 1. The van der Waals surface area contributed by atoms with Gasteiger partial charge in [0, 0.05) is 36.3 Å². The zero-order valence-corrected chi connectivity index (χ0v) is 16.3. The second-order valence-corrected chi connectivity index (χ2v) is 6.68. The number of benzene rings is 2. The van der Waals surface area contributed by atoms with E-state index >= 15 is 0 Å². The van der Waals surface area contributed by atoms with Crippen molar-refractivity contribution in [2.45, 2.75) is 19.9 Å². The van der Waals surface area contributed by atoms with Crippen molar-refractivity contribution in [2.75, 3.05) is 10.6 Å². The van der Waals surface area contributed by atoms with Crippen LogP contribution in [-0.2, 0) is 13.0 Å². The van der Waals surface area contributed by atoms with Gasteiger partial charge in [-0.15, -0.1) is 0 Å². The number of para-hydroxylation sites is 1. The Bertz CT molecular complexity index is 1060. The number of nitrogens with one attached hydrogen (secondary N) is 2. The van der Waals surface area contributed by atoms with Crippen LogP contribution < -0.4 is 10.6 Å². The fourth-order valence-corrected chi connectivity index (χ4v) is 3.12. The first-order valence-electron chi connectivity index (χ1n) is 9.74. The largest absolute Gasteiger partial charge is 0.350 e. The summed E-state index contributed by atoms with van der Waals surface area (Å²) in [5.41, 5.74) is 5.30. The van der Waals surface area contributed by atoms with Crippen molar-refractivity contribution in [3.05, 3.63) is 96.3 Å². The first-order valence-corrected chi connectivity index (χ1v) is 9.74. The third-order valence-corrected chi connectivity index (χ3v) is 4.63. The zero-order valence-electron chi connectivity index (χ0n) is 16.3. The minimum absolute atomic E-state index is 0.576. The molecule has 5 nitrogen and oxygen atoms in total. The molecule has 0 unspecified atom stereocenters. The topological polar surface area (TPSA) is 62.7 Å². The average Bonchev–Trinajstić information content (AvgIpc) is 2.79. The van der Waals surface area contributed by atoms with Gasteiger partial charge < -0.3 is 10.6 Å². The second-order valence-electron chi connectivity index (χ2n) is 6.68. The third kappa shape index (κ3) is 4.76. The number of hydrogen-bond acceptors (Lipinski definition) is 5. The molecule has 4 aromatic rings. The molecule has 0 atom stereocenters. The van der Waals surface area contributed by atoms with Crippen molar-refractivity contribution in [2.24, 2.45) is 0 Å². The van der Waals surface area contributed by atoms with E-state index in [-0.39, 0.29) is 0 Å². The Morgan fingerprint density at radius 3 is 2.48 bits per heavy atom. The molecule has 5 heteroatoms. The van der Waals surface area contributed by atoms with Crippen LogP contribution in [0.2, 0.25) is 0 Å². The van der Waals surface area contributed by atoms with Crippen LogP contribution in [0, 0.1) is 0 Å². The molecule has 0 bridgehead atoms. The van der Waals surface area contributed by atoms with Crippen LogP contribution in [0.5, 0.6) is 0 Å². The zero-order chi connectivity index (χ0) is 19.9. The first-order chi connectivity index (χ1) is 14.3. The lowest BCUT2D eigenvalue weighted by atomic mass is 10.1. The average molecular weight is 381 g/mol. The van der Waals surface area contributed by atoms with Crippen LogP contribution in [0.1, 0.15) is 18.1 Å². The van der Waals surface area contributed by atoms with Crippen LogP contribution in [0.3, 0.4) is 0 Å². The van der Waals surface area contributed by atoms with Gasteiger partial charge in [0.05, 0.1) is 5.69 Å². The Labute approximate surface area is 170 Å². The minimum Gasteiger partial charge on any atom is -0.350 e. The van der Waals surface area contributed by atoms with Crippen molar-refractivity contribution in [3.63, 3.8) is 0 Å². The van der Waals surface area contributed by atoms with Crippen LogP contribution >= 0.6 is 0 Å². The summed E-state index contributed by atoms with van der Waals surface area (Å²) in [4.78, 5) is 13.6. The van der Waals surface area contributed by atoms with Crippen LogP contribution in [0.25, 0.3) is 11.3 Å². The molecule has 144 valence electrons. The number of rotatable bonds is 7. The van der Waals surface area contributed by atoms with Gasteiger partial charge >= 0.3 is 0 Å². The number of anilines is 3. The lowest BCUT2D eigenvalue weighted by Gasteiger charge is -2.13. The molecule has 2 N–H and O–H groups in total. The fraction of sp³-hybridized carbons (Fsp3) is 0.125. The Morgan fingerprint density at radius 2 is 1.69 bits per heavy atom. The minimum atomic E-state index is 0.576. The monoisotopic (exact) mass is 381 g/mol. The molecule has 0 saturated carbocycles. The van der Waals surface area contributed by atoms with Crippen molar-refractivity contribution >= 4 is 17.5 Å². The molecule has 0 aliphatic carbocycles. The molecule has 0 amide bonds. The van der Waals surface area contributed by atoms with E-state index in [2.05, 4.69) is 52.9 Å². The molecule has 2 aromatic heterocycles. The van der Waals surface area contributed by atoms with Crippen molar-refractivity contribution in [3.8, 4) is 11.3 Å². The highest BCUT2D eigenvalue weighted by atomic mass is 15.1. The van der Waals surface area contributed by atoms with E-state index in [9.17, 15) is 0 Å². The highest BCUT2D eigenvalue weighted by Crippen LogP contribution is 2.25. The second kappa shape index (κ2) is 8.97. The number of hydrogen-bond donors (Lipinski definition) is 2. The normalized spacial score (nSPS) is 10.5. The van der Waals surface area contributed by atoms with Crippen molar-refractivity contribution in [1.82, 2.24) is 15.0 Å². The van der Waals surface area contributed by atoms with E-state index < -0.39 is 0 Å². The molecule has 29 heavy (non-hydrogen) atoms. The maximum atomic E-state index is 4.72. The maximum Gasteiger partial charge on any atom is 0.225 e. The fourth-order valence-electron chi connectivity index (χ4n) is 3.12. The van der Waals surface area contributed by atoms with Gasteiger partial charge in [0.2, 0.25) is 5.95 Å². The van der Waals surface area contributed by atoms with Gasteiger partial charge in [-0.2, -0.15) is 4.98 Å². The summed E-state index contributed by atoms with van der Waals surface area (Å²) in [6.45, 7) is 2.76. The van der Waals surface area contributed by atoms with E-state index in [1.807, 2.05) is 48.7 Å². The summed E-state index contributed by atoms with van der Waals surface area (Å²) in [6.07, 6.45) is 4.56. The predicted octanol–water partition coefficient (Wildman–Crippen LogP) is 5.46. The Balaban J connectivity index is 1.66.